The number of nitro benzene ring substituents is 1. The van der Waals surface area contributed by atoms with E-state index in [2.05, 4.69) is 17.4 Å². The minimum Gasteiger partial charge on any atom is -0.376 e. The van der Waals surface area contributed by atoms with Crippen molar-refractivity contribution in [3.05, 3.63) is 98.0 Å². The maximum atomic E-state index is 11.5. The van der Waals surface area contributed by atoms with E-state index < -0.39 is 0 Å². The Bertz CT molecular complexity index is 1180. The van der Waals surface area contributed by atoms with Crippen LogP contribution in [-0.4, -0.2) is 15.6 Å². The maximum Gasteiger partial charge on any atom is 0.282 e. The Morgan fingerprint density at radius 3 is 2.50 bits per heavy atom. The molecule has 1 aliphatic carbocycles. The van der Waals surface area contributed by atoms with Gasteiger partial charge >= 0.3 is 0 Å². The van der Waals surface area contributed by atoms with E-state index in [1.165, 1.54) is 23.4 Å². The summed E-state index contributed by atoms with van der Waals surface area (Å²) in [5.41, 5.74) is 3.17. The average molecular weight is 506 g/mol. The second-order valence-corrected chi connectivity index (χ2v) is 10.8. The average Bonchev–Trinajstić information content (AvgIpc) is 3.10. The first-order valence-corrected chi connectivity index (χ1v) is 12.4. The molecule has 1 fully saturated rings. The van der Waals surface area contributed by atoms with Crippen LogP contribution >= 0.6 is 46.6 Å². The number of nitrogens with one attached hydrogen (secondary N) is 1. The molecular weight excluding hydrogens is 487 g/mol. The second-order valence-electron chi connectivity index (χ2n) is 8.14. The Hall–Kier alpha value is -1.92. The molecule has 0 amide bonds. The number of anilines is 1. The molecule has 5 atom stereocenters. The number of rotatable bonds is 4. The quantitative estimate of drug-likeness (QED) is 0.222. The first-order chi connectivity index (χ1) is 15.4. The molecule has 1 heterocycles. The zero-order chi connectivity index (χ0) is 22.4. The zero-order valence-electron chi connectivity index (χ0n) is 16.8. The predicted molar refractivity (Wildman–Crippen MR) is 132 cm³/mol. The number of thioether (sulfide) groups is 1. The van der Waals surface area contributed by atoms with Crippen LogP contribution in [0.3, 0.4) is 0 Å². The van der Waals surface area contributed by atoms with Crippen LogP contribution in [0.4, 0.5) is 11.4 Å². The second kappa shape index (κ2) is 8.79. The molecule has 5 rings (SSSR count). The van der Waals surface area contributed by atoms with E-state index in [4.69, 9.17) is 34.8 Å². The molecule has 0 bridgehead atoms. The fourth-order valence-corrected chi connectivity index (χ4v) is 7.51. The standard InChI is InChI=1S/C24H19Cl3N2O2S/c25-14-10-15-21-16(23(13-6-2-1-3-7-13)28-24(15)17(26)11-14)12-20(22(21)27)32-19-9-5-4-8-18(19)29(30)31/h1-11,16,20-23,28H,12H2/t16-,20+,21-,22+,23+/m1/s1. The number of nitrogens with zero attached hydrogens (tertiary/aromatic N) is 1. The van der Waals surface area contributed by atoms with E-state index in [9.17, 15) is 10.1 Å². The molecule has 0 saturated heterocycles. The number of nitro groups is 1. The van der Waals surface area contributed by atoms with Gasteiger partial charge in [-0.05, 0) is 41.7 Å². The summed E-state index contributed by atoms with van der Waals surface area (Å²) in [6, 6.07) is 20.8. The summed E-state index contributed by atoms with van der Waals surface area (Å²) < 4.78 is 0. The summed E-state index contributed by atoms with van der Waals surface area (Å²) in [6.45, 7) is 0. The van der Waals surface area contributed by atoms with Crippen molar-refractivity contribution in [3.8, 4) is 0 Å². The number of para-hydroxylation sites is 1. The summed E-state index contributed by atoms with van der Waals surface area (Å²) in [7, 11) is 0. The molecule has 1 saturated carbocycles. The molecule has 0 spiro atoms. The third-order valence-electron chi connectivity index (χ3n) is 6.34. The van der Waals surface area contributed by atoms with Gasteiger partial charge in [-0.1, -0.05) is 65.7 Å². The van der Waals surface area contributed by atoms with Gasteiger partial charge in [-0.3, -0.25) is 10.1 Å². The van der Waals surface area contributed by atoms with E-state index in [0.717, 1.165) is 17.7 Å². The summed E-state index contributed by atoms with van der Waals surface area (Å²) in [6.07, 6.45) is 0.811. The normalized spacial score (nSPS) is 26.2. The summed E-state index contributed by atoms with van der Waals surface area (Å²) in [5, 5.41) is 16.1. The van der Waals surface area contributed by atoms with Crippen LogP contribution in [0.25, 0.3) is 0 Å². The molecule has 32 heavy (non-hydrogen) atoms. The molecule has 0 aromatic heterocycles. The van der Waals surface area contributed by atoms with Crippen LogP contribution in [-0.2, 0) is 0 Å². The maximum absolute atomic E-state index is 11.5. The smallest absolute Gasteiger partial charge is 0.282 e. The van der Waals surface area contributed by atoms with Gasteiger partial charge in [-0.15, -0.1) is 23.4 Å². The van der Waals surface area contributed by atoms with Crippen LogP contribution in [0.1, 0.15) is 29.5 Å². The number of hydrogen-bond acceptors (Lipinski definition) is 4. The lowest BCUT2D eigenvalue weighted by Crippen LogP contribution is -2.31. The van der Waals surface area contributed by atoms with Gasteiger partial charge in [0.2, 0.25) is 0 Å². The van der Waals surface area contributed by atoms with Gasteiger partial charge in [-0.25, -0.2) is 0 Å². The summed E-state index contributed by atoms with van der Waals surface area (Å²) in [4.78, 5) is 11.8. The largest absolute Gasteiger partial charge is 0.376 e. The highest BCUT2D eigenvalue weighted by Gasteiger charge is 2.50. The SMILES string of the molecule is O=[N+]([O-])c1ccccc1S[C@H]1C[C@@H]2[C@@H](c3cc(Cl)cc(Cl)c3N[C@H]2c2ccccc2)[C@H]1Cl. The van der Waals surface area contributed by atoms with Crippen molar-refractivity contribution in [2.75, 3.05) is 5.32 Å². The highest BCUT2D eigenvalue weighted by atomic mass is 35.5. The molecule has 0 unspecified atom stereocenters. The monoisotopic (exact) mass is 504 g/mol. The zero-order valence-corrected chi connectivity index (χ0v) is 19.8. The minimum absolute atomic E-state index is 0.00415. The van der Waals surface area contributed by atoms with Gasteiger partial charge < -0.3 is 5.32 Å². The fraction of sp³-hybridized carbons (Fsp3) is 0.250. The summed E-state index contributed by atoms with van der Waals surface area (Å²) >= 11 is 21.6. The first-order valence-electron chi connectivity index (χ1n) is 10.3. The predicted octanol–water partition coefficient (Wildman–Crippen LogP) is 7.94. The van der Waals surface area contributed by atoms with E-state index in [1.807, 2.05) is 30.3 Å². The number of alkyl halides is 1. The van der Waals surface area contributed by atoms with Crippen molar-refractivity contribution in [2.45, 2.75) is 33.9 Å². The Kier molecular flexibility index (Phi) is 6.01. The molecular formula is C24H19Cl3N2O2S. The summed E-state index contributed by atoms with van der Waals surface area (Å²) in [5.74, 6) is 0.219. The van der Waals surface area contributed by atoms with E-state index >= 15 is 0 Å². The lowest BCUT2D eigenvalue weighted by atomic mass is 9.77. The Labute approximate surface area is 205 Å². The molecule has 0 radical (unpaired) electrons. The van der Waals surface area contributed by atoms with Gasteiger partial charge in [0, 0.05) is 22.3 Å². The molecule has 164 valence electrons. The molecule has 4 nitrogen and oxygen atoms in total. The van der Waals surface area contributed by atoms with Crippen molar-refractivity contribution < 1.29 is 4.92 Å². The van der Waals surface area contributed by atoms with Crippen molar-refractivity contribution >= 4 is 57.9 Å². The number of fused-ring (bicyclic) bond motifs is 3. The highest BCUT2D eigenvalue weighted by molar-refractivity contribution is 8.00. The Morgan fingerprint density at radius 1 is 1.03 bits per heavy atom. The topological polar surface area (TPSA) is 55.2 Å². The van der Waals surface area contributed by atoms with E-state index in [1.54, 1.807) is 18.2 Å². The Morgan fingerprint density at radius 2 is 1.75 bits per heavy atom. The van der Waals surface area contributed by atoms with Gasteiger partial charge in [0.25, 0.3) is 5.69 Å². The number of hydrogen-bond donors (Lipinski definition) is 1. The molecule has 3 aromatic carbocycles. The van der Waals surface area contributed by atoms with Crippen LogP contribution in [0.5, 0.6) is 0 Å². The first kappa shape index (κ1) is 21.9. The van der Waals surface area contributed by atoms with E-state index in [-0.39, 0.29) is 39.1 Å². The van der Waals surface area contributed by atoms with Gasteiger partial charge in [0.15, 0.2) is 0 Å². The van der Waals surface area contributed by atoms with Gasteiger partial charge in [0.05, 0.1) is 31.9 Å². The van der Waals surface area contributed by atoms with Crippen LogP contribution in [0.2, 0.25) is 10.0 Å². The van der Waals surface area contributed by atoms with Crippen molar-refractivity contribution in [1.82, 2.24) is 0 Å². The van der Waals surface area contributed by atoms with Crippen LogP contribution < -0.4 is 5.32 Å². The molecule has 1 N–H and O–H groups in total. The van der Waals surface area contributed by atoms with Gasteiger partial charge in [0.1, 0.15) is 0 Å². The third-order valence-corrected chi connectivity index (χ3v) is 8.96. The molecule has 2 aliphatic rings. The van der Waals surface area contributed by atoms with E-state index in [0.29, 0.717) is 14.9 Å². The molecule has 3 aromatic rings. The minimum atomic E-state index is -0.337. The third kappa shape index (κ3) is 3.86. The molecule has 8 heteroatoms. The fourth-order valence-electron chi connectivity index (χ4n) is 5.00. The molecule has 1 aliphatic heterocycles. The van der Waals surface area contributed by atoms with Crippen molar-refractivity contribution in [3.63, 3.8) is 0 Å². The van der Waals surface area contributed by atoms with Crippen molar-refractivity contribution in [1.29, 1.82) is 0 Å². The lowest BCUT2D eigenvalue weighted by Gasteiger charge is -2.39. The van der Waals surface area contributed by atoms with Crippen LogP contribution in [0, 0.1) is 16.0 Å². The van der Waals surface area contributed by atoms with Crippen LogP contribution in [0.15, 0.2) is 71.6 Å². The number of halogens is 3. The van der Waals surface area contributed by atoms with Gasteiger partial charge in [-0.2, -0.15) is 0 Å². The van der Waals surface area contributed by atoms with Crippen molar-refractivity contribution in [2.24, 2.45) is 5.92 Å². The lowest BCUT2D eigenvalue weighted by molar-refractivity contribution is -0.387. The number of benzene rings is 3. The highest BCUT2D eigenvalue weighted by Crippen LogP contribution is 2.59. The Balaban J connectivity index is 1.56.